The van der Waals surface area contributed by atoms with Crippen LogP contribution in [0.2, 0.25) is 0 Å². The Kier molecular flexibility index (Phi) is 3.85. The molecule has 1 atom stereocenters. The van der Waals surface area contributed by atoms with E-state index >= 15 is 0 Å². The highest BCUT2D eigenvalue weighted by Gasteiger charge is 2.07. The first-order chi connectivity index (χ1) is 10.3. The molecule has 0 bridgehead atoms. The maximum absolute atomic E-state index is 8.68. The van der Waals surface area contributed by atoms with Crippen molar-refractivity contribution in [1.82, 2.24) is 4.98 Å². The Balaban J connectivity index is 1.75. The number of fused-ring (bicyclic) bond motifs is 1. The Morgan fingerprint density at radius 2 is 2.10 bits per heavy atom. The van der Waals surface area contributed by atoms with Crippen molar-refractivity contribution in [2.75, 3.05) is 5.32 Å². The van der Waals surface area contributed by atoms with Gasteiger partial charge >= 0.3 is 0 Å². The molecule has 4 heteroatoms. The second-order valence-corrected chi connectivity index (χ2v) is 5.92. The number of nitriles is 1. The van der Waals surface area contributed by atoms with Gasteiger partial charge in [0.1, 0.15) is 0 Å². The van der Waals surface area contributed by atoms with Gasteiger partial charge in [-0.2, -0.15) is 5.26 Å². The summed E-state index contributed by atoms with van der Waals surface area (Å²) in [4.78, 5) is 4.48. The van der Waals surface area contributed by atoms with Gasteiger partial charge in [0, 0.05) is 11.9 Å². The van der Waals surface area contributed by atoms with Crippen LogP contribution in [0, 0.1) is 11.3 Å². The van der Waals surface area contributed by atoms with Crippen LogP contribution in [0.4, 0.5) is 5.69 Å². The van der Waals surface area contributed by atoms with Crippen LogP contribution < -0.4 is 5.32 Å². The van der Waals surface area contributed by atoms with E-state index in [1.54, 1.807) is 11.3 Å². The molecule has 0 saturated heterocycles. The Morgan fingerprint density at radius 1 is 1.29 bits per heavy atom. The lowest BCUT2D eigenvalue weighted by Crippen LogP contribution is -2.06. The van der Waals surface area contributed by atoms with Crippen molar-refractivity contribution in [3.8, 4) is 6.07 Å². The summed E-state index contributed by atoms with van der Waals surface area (Å²) in [6, 6.07) is 14.6. The van der Waals surface area contributed by atoms with Crippen molar-refractivity contribution in [3.05, 3.63) is 59.1 Å². The second kappa shape index (κ2) is 5.94. The number of aromatic nitrogens is 1. The molecule has 0 aliphatic heterocycles. The van der Waals surface area contributed by atoms with Crippen molar-refractivity contribution in [2.45, 2.75) is 19.4 Å². The molecule has 0 aliphatic carbocycles. The minimum atomic E-state index is 0.186. The molecular weight excluding hydrogens is 278 g/mol. The first-order valence-electron chi connectivity index (χ1n) is 6.82. The fourth-order valence-electron chi connectivity index (χ4n) is 2.24. The van der Waals surface area contributed by atoms with E-state index in [9.17, 15) is 0 Å². The van der Waals surface area contributed by atoms with Gasteiger partial charge in [0.15, 0.2) is 0 Å². The highest BCUT2D eigenvalue weighted by molar-refractivity contribution is 7.17. The molecule has 1 aromatic carbocycles. The van der Waals surface area contributed by atoms with E-state index in [1.807, 2.05) is 36.5 Å². The molecule has 3 nitrogen and oxygen atoms in total. The van der Waals surface area contributed by atoms with Crippen LogP contribution in [-0.4, -0.2) is 4.98 Å². The van der Waals surface area contributed by atoms with Crippen molar-refractivity contribution >= 4 is 27.2 Å². The maximum atomic E-state index is 8.68. The van der Waals surface area contributed by atoms with Gasteiger partial charge in [-0.1, -0.05) is 12.1 Å². The molecular formula is C17H15N3S. The lowest BCUT2D eigenvalue weighted by Gasteiger charge is -2.15. The quantitative estimate of drug-likeness (QED) is 0.768. The van der Waals surface area contributed by atoms with Gasteiger partial charge in [-0.15, -0.1) is 11.3 Å². The zero-order chi connectivity index (χ0) is 14.7. The van der Waals surface area contributed by atoms with Crippen LogP contribution >= 0.6 is 11.3 Å². The maximum Gasteiger partial charge on any atom is 0.0809 e. The molecule has 2 heterocycles. The zero-order valence-electron chi connectivity index (χ0n) is 11.7. The summed E-state index contributed by atoms with van der Waals surface area (Å²) in [6.45, 7) is 2.12. The smallest absolute Gasteiger partial charge is 0.0809 e. The molecule has 21 heavy (non-hydrogen) atoms. The predicted octanol–water partition coefficient (Wildman–Crippen LogP) is 4.54. The minimum absolute atomic E-state index is 0.186. The Morgan fingerprint density at radius 3 is 2.86 bits per heavy atom. The van der Waals surface area contributed by atoms with Gasteiger partial charge in [0.2, 0.25) is 0 Å². The van der Waals surface area contributed by atoms with Crippen LogP contribution in [-0.2, 0) is 6.42 Å². The fourth-order valence-corrected chi connectivity index (χ4v) is 3.03. The van der Waals surface area contributed by atoms with E-state index in [2.05, 4.69) is 34.7 Å². The van der Waals surface area contributed by atoms with Crippen LogP contribution in [0.1, 0.15) is 24.1 Å². The largest absolute Gasteiger partial charge is 0.378 e. The molecule has 0 spiro atoms. The summed E-state index contributed by atoms with van der Waals surface area (Å²) in [5, 5.41) is 14.2. The normalized spacial score (nSPS) is 12.0. The third kappa shape index (κ3) is 3.04. The summed E-state index contributed by atoms with van der Waals surface area (Å²) in [6.07, 6.45) is 2.38. The monoisotopic (exact) mass is 293 g/mol. The van der Waals surface area contributed by atoms with Gasteiger partial charge in [0.25, 0.3) is 0 Å². The van der Waals surface area contributed by atoms with Crippen molar-refractivity contribution in [2.24, 2.45) is 0 Å². The van der Waals surface area contributed by atoms with Crippen molar-refractivity contribution in [3.63, 3.8) is 0 Å². The van der Waals surface area contributed by atoms with Gasteiger partial charge in [-0.05, 0) is 47.7 Å². The Hall–Kier alpha value is -2.38. The average Bonchev–Trinajstić information content (AvgIpc) is 2.97. The second-order valence-electron chi connectivity index (χ2n) is 4.97. The molecule has 3 rings (SSSR count). The van der Waals surface area contributed by atoms with Gasteiger partial charge < -0.3 is 5.32 Å². The van der Waals surface area contributed by atoms with E-state index in [-0.39, 0.29) is 6.04 Å². The van der Waals surface area contributed by atoms with E-state index in [0.717, 1.165) is 16.8 Å². The van der Waals surface area contributed by atoms with Crippen LogP contribution in [0.5, 0.6) is 0 Å². The number of hydrogen-bond donors (Lipinski definition) is 1. The number of pyridine rings is 1. The molecule has 104 valence electrons. The Labute approximate surface area is 127 Å². The van der Waals surface area contributed by atoms with E-state index in [0.29, 0.717) is 6.42 Å². The molecule has 1 N–H and O–H groups in total. The third-order valence-electron chi connectivity index (χ3n) is 3.44. The molecule has 0 saturated carbocycles. The van der Waals surface area contributed by atoms with E-state index in [1.165, 1.54) is 10.3 Å². The third-order valence-corrected chi connectivity index (χ3v) is 4.30. The lowest BCUT2D eigenvalue weighted by atomic mass is 10.1. The van der Waals surface area contributed by atoms with Gasteiger partial charge in [-0.25, -0.2) is 0 Å². The highest BCUT2D eigenvalue weighted by atomic mass is 32.1. The predicted molar refractivity (Wildman–Crippen MR) is 87.4 cm³/mol. The van der Waals surface area contributed by atoms with Crippen molar-refractivity contribution in [1.29, 1.82) is 5.26 Å². The number of anilines is 1. The van der Waals surface area contributed by atoms with Crippen LogP contribution in [0.15, 0.2) is 48.0 Å². The van der Waals surface area contributed by atoms with Crippen LogP contribution in [0.3, 0.4) is 0 Å². The topological polar surface area (TPSA) is 48.7 Å². The number of thiophene rings is 1. The fraction of sp³-hybridized carbons (Fsp3) is 0.176. The summed E-state index contributed by atoms with van der Waals surface area (Å²) < 4.78 is 1.21. The first-order valence-corrected chi connectivity index (χ1v) is 7.70. The molecule has 2 aromatic heterocycles. The van der Waals surface area contributed by atoms with Crippen LogP contribution in [0.25, 0.3) is 10.2 Å². The SMILES string of the molecule is CC(Nc1ccc(CC#N)cc1)c1cnc2ccsc2c1. The molecule has 3 aromatic rings. The summed E-state index contributed by atoms with van der Waals surface area (Å²) in [5.74, 6) is 0. The zero-order valence-corrected chi connectivity index (χ0v) is 12.5. The molecule has 0 radical (unpaired) electrons. The average molecular weight is 293 g/mol. The summed E-state index contributed by atoms with van der Waals surface area (Å²) >= 11 is 1.71. The highest BCUT2D eigenvalue weighted by Crippen LogP contribution is 2.25. The van der Waals surface area contributed by atoms with Crippen molar-refractivity contribution < 1.29 is 0 Å². The minimum Gasteiger partial charge on any atom is -0.378 e. The lowest BCUT2D eigenvalue weighted by molar-refractivity contribution is 0.880. The first kappa shape index (κ1) is 13.6. The number of rotatable bonds is 4. The molecule has 0 aliphatic rings. The number of nitrogens with one attached hydrogen (secondary N) is 1. The molecule has 0 amide bonds. The number of nitrogens with zero attached hydrogens (tertiary/aromatic N) is 2. The standard InChI is InChI=1S/C17H15N3S/c1-12(14-10-17-16(19-11-14)7-9-21-17)20-15-4-2-13(3-5-15)6-8-18/h2-5,7,9-12,20H,6H2,1H3. The Bertz CT molecular complexity index is 784. The van der Waals surface area contributed by atoms with E-state index in [4.69, 9.17) is 5.26 Å². The van der Waals surface area contributed by atoms with E-state index < -0.39 is 0 Å². The van der Waals surface area contributed by atoms with Gasteiger partial charge in [0.05, 0.1) is 28.7 Å². The number of hydrogen-bond acceptors (Lipinski definition) is 4. The number of benzene rings is 1. The molecule has 0 fully saturated rings. The summed E-state index contributed by atoms with van der Waals surface area (Å²) in [7, 11) is 0. The molecule has 1 unspecified atom stereocenters. The summed E-state index contributed by atoms with van der Waals surface area (Å²) in [5.41, 5.74) is 4.32. The van der Waals surface area contributed by atoms with Gasteiger partial charge in [-0.3, -0.25) is 4.98 Å².